The number of amides is 2. The summed E-state index contributed by atoms with van der Waals surface area (Å²) in [4.78, 5) is 23.4. The van der Waals surface area contributed by atoms with Crippen molar-refractivity contribution < 1.29 is 19.1 Å². The molecule has 1 aliphatic rings. The van der Waals surface area contributed by atoms with Crippen LogP contribution in [-0.4, -0.2) is 31.3 Å². The number of urea groups is 1. The van der Waals surface area contributed by atoms with E-state index in [1.165, 1.54) is 6.08 Å². The van der Waals surface area contributed by atoms with Gasteiger partial charge in [-0.1, -0.05) is 30.3 Å². The molecule has 2 aromatic rings. The molecule has 2 aromatic carbocycles. The van der Waals surface area contributed by atoms with Gasteiger partial charge in [-0.3, -0.25) is 0 Å². The lowest BCUT2D eigenvalue weighted by Gasteiger charge is -2.12. The van der Waals surface area contributed by atoms with Crippen LogP contribution in [0.25, 0.3) is 6.08 Å². The van der Waals surface area contributed by atoms with Gasteiger partial charge in [0.15, 0.2) is 0 Å². The number of rotatable bonds is 6. The first-order valence-electron chi connectivity index (χ1n) is 8.88. The number of esters is 1. The van der Waals surface area contributed by atoms with Crippen LogP contribution in [0.3, 0.4) is 0 Å². The summed E-state index contributed by atoms with van der Waals surface area (Å²) < 4.78 is 10.6. The molecule has 0 spiro atoms. The number of benzene rings is 2. The Bertz CT molecular complexity index is 805. The normalized spacial score (nSPS) is 15.1. The summed E-state index contributed by atoms with van der Waals surface area (Å²) in [6, 6.07) is 14.8. The number of nitrogens with one attached hydrogen (secondary N) is 2. The van der Waals surface area contributed by atoms with Crippen LogP contribution in [0.5, 0.6) is 5.75 Å². The lowest BCUT2D eigenvalue weighted by molar-refractivity contribution is -0.137. The maximum absolute atomic E-state index is 12.1. The van der Waals surface area contributed by atoms with Crippen molar-refractivity contribution in [2.24, 2.45) is 0 Å². The molecule has 0 bridgehead atoms. The number of carbonyl (C=O) groups is 2. The second kappa shape index (κ2) is 8.89. The third-order valence-corrected chi connectivity index (χ3v) is 4.07. The van der Waals surface area contributed by atoms with Gasteiger partial charge >= 0.3 is 12.0 Å². The Labute approximate surface area is 158 Å². The molecule has 2 N–H and O–H groups in total. The van der Waals surface area contributed by atoms with Crippen LogP contribution < -0.4 is 15.4 Å². The molecule has 140 valence electrons. The van der Waals surface area contributed by atoms with E-state index in [2.05, 4.69) is 10.6 Å². The highest BCUT2D eigenvalue weighted by atomic mass is 16.5. The predicted octanol–water partition coefficient (Wildman–Crippen LogP) is 3.39. The monoisotopic (exact) mass is 366 g/mol. The average molecular weight is 366 g/mol. The Morgan fingerprint density at radius 2 is 1.96 bits per heavy atom. The predicted molar refractivity (Wildman–Crippen MR) is 104 cm³/mol. The van der Waals surface area contributed by atoms with E-state index in [0.717, 1.165) is 23.3 Å². The van der Waals surface area contributed by atoms with E-state index >= 15 is 0 Å². The SMILES string of the molecule is CCOC(=O)/C=C/c1ccc(NC(=O)NCC2Cc3ccccc3O2)cc1. The fraction of sp³-hybridized carbons (Fsp3) is 0.238. The summed E-state index contributed by atoms with van der Waals surface area (Å²) in [6.07, 6.45) is 3.77. The molecule has 0 radical (unpaired) electrons. The van der Waals surface area contributed by atoms with E-state index in [1.807, 2.05) is 36.4 Å². The second-order valence-electron chi connectivity index (χ2n) is 6.09. The number of ether oxygens (including phenoxy) is 2. The Kier molecular flexibility index (Phi) is 6.10. The quantitative estimate of drug-likeness (QED) is 0.607. The molecule has 2 amide bonds. The molecule has 0 aliphatic carbocycles. The van der Waals surface area contributed by atoms with Gasteiger partial charge in [0.25, 0.3) is 0 Å². The highest BCUT2D eigenvalue weighted by Crippen LogP contribution is 2.27. The Balaban J connectivity index is 1.44. The molecular formula is C21H22N2O4. The molecule has 1 heterocycles. The number of para-hydroxylation sites is 1. The van der Waals surface area contributed by atoms with E-state index < -0.39 is 0 Å². The maximum Gasteiger partial charge on any atom is 0.330 e. The second-order valence-corrected chi connectivity index (χ2v) is 6.09. The third kappa shape index (κ3) is 5.34. The zero-order valence-electron chi connectivity index (χ0n) is 15.1. The summed E-state index contributed by atoms with van der Waals surface area (Å²) >= 11 is 0. The smallest absolute Gasteiger partial charge is 0.330 e. The summed E-state index contributed by atoms with van der Waals surface area (Å²) in [7, 11) is 0. The minimum atomic E-state index is -0.379. The van der Waals surface area contributed by atoms with Gasteiger partial charge < -0.3 is 20.1 Å². The molecule has 0 saturated carbocycles. The van der Waals surface area contributed by atoms with Crippen molar-refractivity contribution in [2.45, 2.75) is 19.4 Å². The largest absolute Gasteiger partial charge is 0.488 e. The number of hydrogen-bond acceptors (Lipinski definition) is 4. The van der Waals surface area contributed by atoms with Gasteiger partial charge in [-0.2, -0.15) is 0 Å². The first kappa shape index (κ1) is 18.5. The summed E-state index contributed by atoms with van der Waals surface area (Å²) in [5, 5.41) is 5.60. The molecule has 1 aliphatic heterocycles. The van der Waals surface area contributed by atoms with Crippen molar-refractivity contribution in [3.05, 3.63) is 65.7 Å². The number of carbonyl (C=O) groups excluding carboxylic acids is 2. The van der Waals surface area contributed by atoms with E-state index in [1.54, 1.807) is 25.1 Å². The molecule has 6 heteroatoms. The minimum absolute atomic E-state index is 0.0523. The number of anilines is 1. The highest BCUT2D eigenvalue weighted by Gasteiger charge is 2.22. The lowest BCUT2D eigenvalue weighted by atomic mass is 10.1. The van der Waals surface area contributed by atoms with Crippen LogP contribution >= 0.6 is 0 Å². The molecule has 0 saturated heterocycles. The van der Waals surface area contributed by atoms with E-state index in [9.17, 15) is 9.59 Å². The Hall–Kier alpha value is -3.28. The highest BCUT2D eigenvalue weighted by molar-refractivity contribution is 5.90. The van der Waals surface area contributed by atoms with Crippen LogP contribution in [0.15, 0.2) is 54.6 Å². The van der Waals surface area contributed by atoms with Gasteiger partial charge in [-0.15, -0.1) is 0 Å². The van der Waals surface area contributed by atoms with Crippen LogP contribution in [-0.2, 0) is 16.0 Å². The van der Waals surface area contributed by atoms with Gasteiger partial charge in [-0.05, 0) is 42.3 Å². The first-order chi connectivity index (χ1) is 13.1. The van der Waals surface area contributed by atoms with Gasteiger partial charge in [0.05, 0.1) is 13.2 Å². The lowest BCUT2D eigenvalue weighted by Crippen LogP contribution is -2.37. The first-order valence-corrected chi connectivity index (χ1v) is 8.88. The van der Waals surface area contributed by atoms with Crippen molar-refractivity contribution in [2.75, 3.05) is 18.5 Å². The maximum atomic E-state index is 12.1. The third-order valence-electron chi connectivity index (χ3n) is 4.07. The summed E-state index contributed by atoms with van der Waals surface area (Å²) in [5.74, 6) is 0.506. The van der Waals surface area contributed by atoms with Crippen molar-refractivity contribution >= 4 is 23.8 Å². The fourth-order valence-corrected chi connectivity index (χ4v) is 2.78. The van der Waals surface area contributed by atoms with E-state index in [0.29, 0.717) is 18.8 Å². The zero-order chi connectivity index (χ0) is 19.1. The van der Waals surface area contributed by atoms with Crippen molar-refractivity contribution in [3.63, 3.8) is 0 Å². The van der Waals surface area contributed by atoms with Gasteiger partial charge in [0.1, 0.15) is 11.9 Å². The molecule has 6 nitrogen and oxygen atoms in total. The number of hydrogen-bond donors (Lipinski definition) is 2. The van der Waals surface area contributed by atoms with Gasteiger partial charge in [0, 0.05) is 18.2 Å². The molecule has 0 fully saturated rings. The van der Waals surface area contributed by atoms with Crippen LogP contribution in [0, 0.1) is 0 Å². The summed E-state index contributed by atoms with van der Waals surface area (Å²) in [6.45, 7) is 2.54. The molecule has 1 unspecified atom stereocenters. The molecule has 3 rings (SSSR count). The topological polar surface area (TPSA) is 76.7 Å². The Morgan fingerprint density at radius 3 is 2.70 bits per heavy atom. The van der Waals surface area contributed by atoms with Crippen LogP contribution in [0.2, 0.25) is 0 Å². The van der Waals surface area contributed by atoms with Gasteiger partial charge in [0.2, 0.25) is 0 Å². The van der Waals surface area contributed by atoms with Gasteiger partial charge in [-0.25, -0.2) is 9.59 Å². The number of fused-ring (bicyclic) bond motifs is 1. The zero-order valence-corrected chi connectivity index (χ0v) is 15.1. The molecule has 0 aromatic heterocycles. The van der Waals surface area contributed by atoms with E-state index in [-0.39, 0.29) is 18.1 Å². The fourth-order valence-electron chi connectivity index (χ4n) is 2.78. The molecule has 1 atom stereocenters. The molecule has 27 heavy (non-hydrogen) atoms. The van der Waals surface area contributed by atoms with Crippen LogP contribution in [0.1, 0.15) is 18.1 Å². The van der Waals surface area contributed by atoms with Crippen molar-refractivity contribution in [3.8, 4) is 5.75 Å². The standard InChI is InChI=1S/C21H22N2O4/c1-2-26-20(24)12-9-15-7-10-17(11-8-15)23-21(25)22-14-18-13-16-5-3-4-6-19(16)27-18/h3-12,18H,2,13-14H2,1H3,(H2,22,23,25)/b12-9+. The molecular weight excluding hydrogens is 344 g/mol. The van der Waals surface area contributed by atoms with Crippen molar-refractivity contribution in [1.82, 2.24) is 5.32 Å². The minimum Gasteiger partial charge on any atom is -0.488 e. The summed E-state index contributed by atoms with van der Waals surface area (Å²) in [5.41, 5.74) is 2.67. The average Bonchev–Trinajstić information content (AvgIpc) is 3.09. The van der Waals surface area contributed by atoms with E-state index in [4.69, 9.17) is 9.47 Å². The van der Waals surface area contributed by atoms with Crippen LogP contribution in [0.4, 0.5) is 10.5 Å². The van der Waals surface area contributed by atoms with Crippen molar-refractivity contribution in [1.29, 1.82) is 0 Å². The Morgan fingerprint density at radius 1 is 1.19 bits per heavy atom.